The minimum absolute atomic E-state index is 0.110. The summed E-state index contributed by atoms with van der Waals surface area (Å²) in [5.41, 5.74) is 3.24. The second-order valence-corrected chi connectivity index (χ2v) is 9.09. The smallest absolute Gasteiger partial charge is 0.174 e. The molecule has 1 heterocycles. The van der Waals surface area contributed by atoms with E-state index < -0.39 is 0 Å². The molecule has 3 aromatic carbocycles. The van der Waals surface area contributed by atoms with Gasteiger partial charge in [-0.1, -0.05) is 15.9 Å². The van der Waals surface area contributed by atoms with Crippen LogP contribution in [-0.4, -0.2) is 44.5 Å². The maximum absolute atomic E-state index is 6.22. The van der Waals surface area contributed by atoms with E-state index in [1.54, 1.807) is 21.3 Å². The highest BCUT2D eigenvalue weighted by Gasteiger charge is 2.31. The maximum atomic E-state index is 6.22. The molecule has 0 aliphatic carbocycles. The van der Waals surface area contributed by atoms with Crippen LogP contribution >= 0.6 is 28.1 Å². The molecule has 0 saturated heterocycles. The van der Waals surface area contributed by atoms with Crippen molar-refractivity contribution in [2.24, 2.45) is 0 Å². The molecule has 6 nitrogen and oxygen atoms in total. The van der Waals surface area contributed by atoms with Gasteiger partial charge in [0.15, 0.2) is 16.6 Å². The molecule has 1 N–H and O–H groups in total. The number of thiocarbonyl (C=S) groups is 1. The van der Waals surface area contributed by atoms with Gasteiger partial charge in [-0.05, 0) is 90.4 Å². The topological polar surface area (TPSA) is 52.2 Å². The number of anilines is 1. The fourth-order valence-corrected chi connectivity index (χ4v) is 4.63. The molecule has 34 heavy (non-hydrogen) atoms. The SMILES string of the molecule is COc1ccc(OCC2c3cc(OC)c(OC)cc3CCN2C(=S)Nc2ccc(Br)cc2)cc1. The van der Waals surface area contributed by atoms with E-state index in [9.17, 15) is 0 Å². The van der Waals surface area contributed by atoms with E-state index in [-0.39, 0.29) is 6.04 Å². The molecule has 4 rings (SSSR count). The molecule has 0 fully saturated rings. The molecule has 0 bridgehead atoms. The van der Waals surface area contributed by atoms with Gasteiger partial charge in [-0.2, -0.15) is 0 Å². The van der Waals surface area contributed by atoms with Crippen molar-refractivity contribution >= 4 is 38.9 Å². The lowest BCUT2D eigenvalue weighted by atomic mass is 9.92. The van der Waals surface area contributed by atoms with Crippen molar-refractivity contribution in [1.82, 2.24) is 4.90 Å². The molecule has 1 aliphatic rings. The van der Waals surface area contributed by atoms with Crippen molar-refractivity contribution in [3.8, 4) is 23.0 Å². The van der Waals surface area contributed by atoms with Crippen LogP contribution in [0.1, 0.15) is 17.2 Å². The lowest BCUT2D eigenvalue weighted by Gasteiger charge is -2.39. The number of ether oxygens (including phenoxy) is 4. The van der Waals surface area contributed by atoms with Crippen LogP contribution in [-0.2, 0) is 6.42 Å². The fourth-order valence-electron chi connectivity index (χ4n) is 4.03. The van der Waals surface area contributed by atoms with E-state index in [0.29, 0.717) is 17.5 Å². The first-order valence-electron chi connectivity index (χ1n) is 10.9. The number of fused-ring (bicyclic) bond motifs is 1. The van der Waals surface area contributed by atoms with Gasteiger partial charge in [0.25, 0.3) is 0 Å². The zero-order chi connectivity index (χ0) is 24.1. The van der Waals surface area contributed by atoms with Gasteiger partial charge in [0.1, 0.15) is 18.1 Å². The Morgan fingerprint density at radius 2 is 1.59 bits per heavy atom. The third-order valence-electron chi connectivity index (χ3n) is 5.83. The Labute approximate surface area is 213 Å². The molecule has 1 atom stereocenters. The van der Waals surface area contributed by atoms with Gasteiger partial charge in [0.05, 0.1) is 27.4 Å². The first-order chi connectivity index (χ1) is 16.5. The summed E-state index contributed by atoms with van der Waals surface area (Å²) in [4.78, 5) is 2.18. The molecule has 0 spiro atoms. The van der Waals surface area contributed by atoms with Crippen LogP contribution in [0, 0.1) is 0 Å². The Morgan fingerprint density at radius 3 is 2.24 bits per heavy atom. The summed E-state index contributed by atoms with van der Waals surface area (Å²) in [5, 5.41) is 4.02. The standard InChI is InChI=1S/C26H27BrN2O4S/c1-30-20-8-10-21(11-9-20)33-16-23-22-15-25(32-3)24(31-2)14-17(22)12-13-29(23)26(34)28-19-6-4-18(27)5-7-19/h4-11,14-15,23H,12-13,16H2,1-3H3,(H,28,34). The number of nitrogens with one attached hydrogen (secondary N) is 1. The second-order valence-electron chi connectivity index (χ2n) is 7.79. The van der Waals surface area contributed by atoms with Gasteiger partial charge < -0.3 is 29.2 Å². The highest BCUT2D eigenvalue weighted by molar-refractivity contribution is 9.10. The molecule has 1 aliphatic heterocycles. The lowest BCUT2D eigenvalue weighted by molar-refractivity contribution is 0.190. The van der Waals surface area contributed by atoms with Gasteiger partial charge in [0, 0.05) is 16.7 Å². The number of halogens is 1. The molecular formula is C26H27BrN2O4S. The second kappa shape index (κ2) is 11.0. The average Bonchev–Trinajstić information content (AvgIpc) is 2.87. The molecule has 178 valence electrons. The molecule has 8 heteroatoms. The van der Waals surface area contributed by atoms with Crippen molar-refractivity contribution in [3.63, 3.8) is 0 Å². The highest BCUT2D eigenvalue weighted by Crippen LogP contribution is 2.38. The third-order valence-corrected chi connectivity index (χ3v) is 6.69. The lowest BCUT2D eigenvalue weighted by Crippen LogP contribution is -2.44. The van der Waals surface area contributed by atoms with Crippen molar-refractivity contribution in [1.29, 1.82) is 0 Å². The number of nitrogens with zero attached hydrogens (tertiary/aromatic N) is 1. The number of methoxy groups -OCH3 is 3. The molecule has 1 unspecified atom stereocenters. The van der Waals surface area contributed by atoms with Crippen LogP contribution in [0.15, 0.2) is 65.1 Å². The fraction of sp³-hybridized carbons (Fsp3) is 0.269. The summed E-state index contributed by atoms with van der Waals surface area (Å²) in [6, 6.07) is 19.5. The van der Waals surface area contributed by atoms with E-state index >= 15 is 0 Å². The van der Waals surface area contributed by atoms with Crippen LogP contribution in [0.4, 0.5) is 5.69 Å². The predicted octanol–water partition coefficient (Wildman–Crippen LogP) is 5.85. The first kappa shape index (κ1) is 24.2. The van der Waals surface area contributed by atoms with Gasteiger partial charge in [-0.3, -0.25) is 0 Å². The van der Waals surface area contributed by atoms with Crippen LogP contribution in [0.25, 0.3) is 0 Å². The van der Waals surface area contributed by atoms with Crippen molar-refractivity contribution in [2.45, 2.75) is 12.5 Å². The van der Waals surface area contributed by atoms with E-state index in [1.807, 2.05) is 54.6 Å². The molecular weight excluding hydrogens is 516 g/mol. The number of hydrogen-bond acceptors (Lipinski definition) is 5. The summed E-state index contributed by atoms with van der Waals surface area (Å²) in [5.74, 6) is 2.96. The van der Waals surface area contributed by atoms with Gasteiger partial charge in [-0.25, -0.2) is 0 Å². The monoisotopic (exact) mass is 542 g/mol. The Kier molecular flexibility index (Phi) is 7.80. The van der Waals surface area contributed by atoms with Crippen LogP contribution in [0.3, 0.4) is 0 Å². The Balaban J connectivity index is 1.62. The van der Waals surface area contributed by atoms with E-state index in [1.165, 1.54) is 5.56 Å². The molecule has 0 radical (unpaired) electrons. The van der Waals surface area contributed by atoms with Gasteiger partial charge in [-0.15, -0.1) is 0 Å². The summed E-state index contributed by atoms with van der Waals surface area (Å²) >= 11 is 9.32. The van der Waals surface area contributed by atoms with Crippen LogP contribution < -0.4 is 24.3 Å². The van der Waals surface area contributed by atoms with E-state index in [4.69, 9.17) is 31.2 Å². The van der Waals surface area contributed by atoms with E-state index in [2.05, 4.69) is 32.2 Å². The molecule has 3 aromatic rings. The molecule has 0 saturated carbocycles. The van der Waals surface area contributed by atoms with E-state index in [0.717, 1.165) is 45.9 Å². The number of benzene rings is 3. The normalized spacial score (nSPS) is 14.7. The Bertz CT molecular complexity index is 1140. The van der Waals surface area contributed by atoms with Crippen LogP contribution in [0.5, 0.6) is 23.0 Å². The maximum Gasteiger partial charge on any atom is 0.174 e. The molecule has 0 amide bonds. The Hall–Kier alpha value is -2.97. The minimum atomic E-state index is -0.110. The first-order valence-corrected chi connectivity index (χ1v) is 12.1. The average molecular weight is 543 g/mol. The predicted molar refractivity (Wildman–Crippen MR) is 142 cm³/mol. The zero-order valence-corrected chi connectivity index (χ0v) is 21.7. The van der Waals surface area contributed by atoms with Crippen molar-refractivity contribution in [2.75, 3.05) is 39.8 Å². The minimum Gasteiger partial charge on any atom is -0.497 e. The summed E-state index contributed by atoms with van der Waals surface area (Å²) in [6.07, 6.45) is 0.830. The summed E-state index contributed by atoms with van der Waals surface area (Å²) in [6.45, 7) is 1.17. The van der Waals surface area contributed by atoms with Crippen molar-refractivity contribution < 1.29 is 18.9 Å². The van der Waals surface area contributed by atoms with Gasteiger partial charge in [0.2, 0.25) is 0 Å². The highest BCUT2D eigenvalue weighted by atomic mass is 79.9. The third kappa shape index (κ3) is 5.39. The Morgan fingerprint density at radius 1 is 0.941 bits per heavy atom. The summed E-state index contributed by atoms with van der Waals surface area (Å²) in [7, 11) is 4.95. The quantitative estimate of drug-likeness (QED) is 0.375. The molecule has 0 aromatic heterocycles. The van der Waals surface area contributed by atoms with Gasteiger partial charge >= 0.3 is 0 Å². The number of rotatable bonds is 7. The zero-order valence-electron chi connectivity index (χ0n) is 19.3. The van der Waals surface area contributed by atoms with Crippen LogP contribution in [0.2, 0.25) is 0 Å². The van der Waals surface area contributed by atoms with Crippen molar-refractivity contribution in [3.05, 3.63) is 76.3 Å². The largest absolute Gasteiger partial charge is 0.497 e. The number of hydrogen-bond donors (Lipinski definition) is 1. The summed E-state index contributed by atoms with van der Waals surface area (Å²) < 4.78 is 23.6.